The van der Waals surface area contributed by atoms with Crippen molar-refractivity contribution in [1.29, 1.82) is 0 Å². The first-order chi connectivity index (χ1) is 9.61. The molecule has 2 nitrogen and oxygen atoms in total. The molecule has 1 unspecified atom stereocenters. The lowest BCUT2D eigenvalue weighted by Crippen LogP contribution is -2.30. The topological polar surface area (TPSA) is 29.3 Å². The van der Waals surface area contributed by atoms with Gasteiger partial charge in [0.25, 0.3) is 0 Å². The summed E-state index contributed by atoms with van der Waals surface area (Å²) in [5.41, 5.74) is 8.19. The molecule has 2 N–H and O–H groups in total. The zero-order chi connectivity index (χ0) is 14.5. The molecule has 0 radical (unpaired) electrons. The summed E-state index contributed by atoms with van der Waals surface area (Å²) in [4.78, 5) is 2.20. The molecule has 1 atom stereocenters. The third-order valence-electron chi connectivity index (χ3n) is 3.36. The summed E-state index contributed by atoms with van der Waals surface area (Å²) in [5, 5.41) is 1.50. The first-order valence-electron chi connectivity index (χ1n) is 6.51. The highest BCUT2D eigenvalue weighted by molar-refractivity contribution is 6.31. The van der Waals surface area contributed by atoms with Crippen LogP contribution in [0, 0.1) is 0 Å². The van der Waals surface area contributed by atoms with Crippen LogP contribution in [0.15, 0.2) is 48.5 Å². The Morgan fingerprint density at radius 2 is 1.70 bits per heavy atom. The van der Waals surface area contributed by atoms with Gasteiger partial charge in [0.15, 0.2) is 0 Å². The van der Waals surface area contributed by atoms with Gasteiger partial charge in [-0.1, -0.05) is 53.5 Å². The van der Waals surface area contributed by atoms with Gasteiger partial charge in [-0.3, -0.25) is 4.90 Å². The van der Waals surface area contributed by atoms with Gasteiger partial charge in [-0.2, -0.15) is 0 Å². The molecule has 0 aliphatic rings. The highest BCUT2D eigenvalue weighted by Gasteiger charge is 2.17. The Hall–Kier alpha value is -1.06. The van der Waals surface area contributed by atoms with Crippen LogP contribution in [0.1, 0.15) is 17.2 Å². The van der Waals surface area contributed by atoms with Crippen molar-refractivity contribution < 1.29 is 0 Å². The Bertz CT molecular complexity index is 555. The summed E-state index contributed by atoms with van der Waals surface area (Å²) in [7, 11) is 2.05. The Morgan fingerprint density at radius 3 is 2.30 bits per heavy atom. The molecular weight excluding hydrogens is 291 g/mol. The Balaban J connectivity index is 2.15. The van der Waals surface area contributed by atoms with Gasteiger partial charge >= 0.3 is 0 Å². The van der Waals surface area contributed by atoms with Gasteiger partial charge < -0.3 is 5.73 Å². The summed E-state index contributed by atoms with van der Waals surface area (Å²) < 4.78 is 0. The van der Waals surface area contributed by atoms with Crippen molar-refractivity contribution in [3.8, 4) is 0 Å². The van der Waals surface area contributed by atoms with Crippen molar-refractivity contribution in [3.63, 3.8) is 0 Å². The van der Waals surface area contributed by atoms with Crippen LogP contribution in [0.4, 0.5) is 0 Å². The Labute approximate surface area is 130 Å². The normalized spacial score (nSPS) is 12.7. The molecule has 0 saturated heterocycles. The summed E-state index contributed by atoms with van der Waals surface area (Å²) >= 11 is 12.2. The molecule has 0 heterocycles. The van der Waals surface area contributed by atoms with Crippen molar-refractivity contribution in [2.45, 2.75) is 12.6 Å². The van der Waals surface area contributed by atoms with Crippen molar-refractivity contribution in [3.05, 3.63) is 69.7 Å². The van der Waals surface area contributed by atoms with Gasteiger partial charge in [0.1, 0.15) is 0 Å². The monoisotopic (exact) mass is 308 g/mol. The van der Waals surface area contributed by atoms with Crippen LogP contribution < -0.4 is 5.73 Å². The molecule has 0 amide bonds. The minimum absolute atomic E-state index is 0.0966. The van der Waals surface area contributed by atoms with Crippen molar-refractivity contribution in [2.75, 3.05) is 13.6 Å². The quantitative estimate of drug-likeness (QED) is 0.900. The molecule has 4 heteroatoms. The Kier molecular flexibility index (Phi) is 5.44. The lowest BCUT2D eigenvalue weighted by molar-refractivity contribution is 0.242. The average Bonchev–Trinajstić information content (AvgIpc) is 2.44. The first kappa shape index (κ1) is 15.3. The second-order valence-electron chi connectivity index (χ2n) is 4.81. The van der Waals surface area contributed by atoms with Crippen LogP contribution >= 0.6 is 23.2 Å². The predicted octanol–water partition coefficient (Wildman–Crippen LogP) is 4.13. The van der Waals surface area contributed by atoms with E-state index in [1.54, 1.807) is 0 Å². The van der Waals surface area contributed by atoms with E-state index in [9.17, 15) is 0 Å². The molecule has 2 rings (SSSR count). The summed E-state index contributed by atoms with van der Waals surface area (Å²) in [6.07, 6.45) is 0. The van der Waals surface area contributed by atoms with Crippen LogP contribution in [0.5, 0.6) is 0 Å². The van der Waals surface area contributed by atoms with Crippen molar-refractivity contribution in [1.82, 2.24) is 4.90 Å². The molecule has 106 valence electrons. The fraction of sp³-hybridized carbons (Fsp3) is 0.250. The number of rotatable bonds is 5. The first-order valence-corrected chi connectivity index (χ1v) is 7.26. The number of benzene rings is 2. The standard InChI is InChI=1S/C16H18Cl2N2/c1-20(11-12-6-8-13(17)9-7-12)16(10-19)14-4-2-3-5-15(14)18/h2-9,16H,10-11,19H2,1H3. The minimum Gasteiger partial charge on any atom is -0.329 e. The Morgan fingerprint density at radius 1 is 1.05 bits per heavy atom. The molecule has 0 bridgehead atoms. The zero-order valence-corrected chi connectivity index (χ0v) is 12.9. The third-order valence-corrected chi connectivity index (χ3v) is 3.96. The molecule has 2 aromatic carbocycles. The van der Waals surface area contributed by atoms with Crippen LogP contribution in [0.3, 0.4) is 0 Å². The van der Waals surface area contributed by atoms with Gasteiger partial charge in [-0.25, -0.2) is 0 Å². The minimum atomic E-state index is 0.0966. The van der Waals surface area contributed by atoms with E-state index in [2.05, 4.69) is 11.9 Å². The highest BCUT2D eigenvalue weighted by atomic mass is 35.5. The molecular formula is C16H18Cl2N2. The maximum atomic E-state index is 6.27. The van der Waals surface area contributed by atoms with E-state index in [0.717, 1.165) is 22.2 Å². The highest BCUT2D eigenvalue weighted by Crippen LogP contribution is 2.27. The largest absolute Gasteiger partial charge is 0.329 e. The fourth-order valence-corrected chi connectivity index (χ4v) is 2.67. The van der Waals surface area contributed by atoms with Crippen LogP contribution in [0.25, 0.3) is 0 Å². The summed E-state index contributed by atoms with van der Waals surface area (Å²) in [6, 6.07) is 15.8. The van der Waals surface area contributed by atoms with E-state index >= 15 is 0 Å². The molecule has 2 aromatic rings. The van der Waals surface area contributed by atoms with Gasteiger partial charge in [-0.05, 0) is 36.4 Å². The molecule has 0 fully saturated rings. The number of halogens is 2. The molecule has 20 heavy (non-hydrogen) atoms. The number of nitrogens with zero attached hydrogens (tertiary/aromatic N) is 1. The van der Waals surface area contributed by atoms with E-state index in [0.29, 0.717) is 6.54 Å². The predicted molar refractivity (Wildman–Crippen MR) is 86.2 cm³/mol. The maximum absolute atomic E-state index is 6.27. The fourth-order valence-electron chi connectivity index (χ4n) is 2.28. The zero-order valence-electron chi connectivity index (χ0n) is 11.4. The lowest BCUT2D eigenvalue weighted by atomic mass is 10.0. The number of nitrogens with two attached hydrogens (primary N) is 1. The average molecular weight is 309 g/mol. The van der Waals surface area contributed by atoms with E-state index in [4.69, 9.17) is 28.9 Å². The SMILES string of the molecule is CN(Cc1ccc(Cl)cc1)C(CN)c1ccccc1Cl. The molecule has 0 spiro atoms. The van der Waals surface area contributed by atoms with Gasteiger partial charge in [-0.15, -0.1) is 0 Å². The number of likely N-dealkylation sites (N-methyl/N-ethyl adjacent to an activating group) is 1. The molecule has 0 aliphatic carbocycles. The van der Waals surface area contributed by atoms with E-state index in [1.807, 2.05) is 48.5 Å². The molecule has 0 aromatic heterocycles. The van der Waals surface area contributed by atoms with Gasteiger partial charge in [0.05, 0.1) is 0 Å². The summed E-state index contributed by atoms with van der Waals surface area (Å²) in [6.45, 7) is 1.32. The number of hydrogen-bond donors (Lipinski definition) is 1. The van der Waals surface area contributed by atoms with E-state index in [-0.39, 0.29) is 6.04 Å². The van der Waals surface area contributed by atoms with Crippen LogP contribution in [-0.2, 0) is 6.54 Å². The van der Waals surface area contributed by atoms with E-state index in [1.165, 1.54) is 5.56 Å². The van der Waals surface area contributed by atoms with Crippen LogP contribution in [0.2, 0.25) is 10.0 Å². The second-order valence-corrected chi connectivity index (χ2v) is 5.66. The maximum Gasteiger partial charge on any atom is 0.0485 e. The third kappa shape index (κ3) is 3.74. The van der Waals surface area contributed by atoms with Crippen LogP contribution in [-0.4, -0.2) is 18.5 Å². The molecule has 0 saturated carbocycles. The second kappa shape index (κ2) is 7.09. The summed E-state index contributed by atoms with van der Waals surface area (Å²) in [5.74, 6) is 0. The van der Waals surface area contributed by atoms with Crippen molar-refractivity contribution >= 4 is 23.2 Å². The number of hydrogen-bond acceptors (Lipinski definition) is 2. The molecule has 0 aliphatic heterocycles. The van der Waals surface area contributed by atoms with E-state index < -0.39 is 0 Å². The van der Waals surface area contributed by atoms with Gasteiger partial charge in [0.2, 0.25) is 0 Å². The smallest absolute Gasteiger partial charge is 0.0485 e. The van der Waals surface area contributed by atoms with Crippen molar-refractivity contribution in [2.24, 2.45) is 5.73 Å². The lowest BCUT2D eigenvalue weighted by Gasteiger charge is -2.28. The van der Waals surface area contributed by atoms with Gasteiger partial charge in [0, 0.05) is 29.2 Å².